The van der Waals surface area contributed by atoms with Crippen LogP contribution in [0, 0.1) is 24.2 Å². The van der Waals surface area contributed by atoms with Crippen LogP contribution in [0.3, 0.4) is 0 Å². The first-order valence-electron chi connectivity index (χ1n) is 11.1. The van der Waals surface area contributed by atoms with Crippen molar-refractivity contribution in [2.45, 2.75) is 39.3 Å². The summed E-state index contributed by atoms with van der Waals surface area (Å²) in [6.07, 6.45) is 5.05. The summed E-state index contributed by atoms with van der Waals surface area (Å²) in [5.74, 6) is -0.763. The largest absolute Gasteiger partial charge is 0.310 e. The molecule has 0 radical (unpaired) electrons. The number of nitrogens with one attached hydrogen (secondary N) is 1. The van der Waals surface area contributed by atoms with Crippen LogP contribution >= 0.6 is 0 Å². The minimum atomic E-state index is -1.10. The van der Waals surface area contributed by atoms with Gasteiger partial charge in [0.1, 0.15) is 35.1 Å². The molecule has 1 saturated carbocycles. The van der Waals surface area contributed by atoms with Crippen molar-refractivity contribution in [3.8, 4) is 17.2 Å². The van der Waals surface area contributed by atoms with Crippen LogP contribution in [0.1, 0.15) is 47.9 Å². The number of aryl methyl sites for hydroxylation is 1. The minimum Gasteiger partial charge on any atom is -0.310 e. The number of rotatable bonds is 6. The van der Waals surface area contributed by atoms with E-state index in [0.717, 1.165) is 28.5 Å². The number of hydrogen-bond donors (Lipinski definition) is 1. The Labute approximate surface area is 194 Å². The molecule has 1 aliphatic carbocycles. The molecule has 4 heterocycles. The highest BCUT2D eigenvalue weighted by atomic mass is 19.1. The highest BCUT2D eigenvalue weighted by Crippen LogP contribution is 2.35. The zero-order valence-corrected chi connectivity index (χ0v) is 18.7. The maximum atomic E-state index is 13.2. The standard InChI is InChI=1S/C25H21FN6O2/c1-3-4-22(33)20-5-13(2)18(12-28-20)16-6-14-10-29-23(31-25(34)17-7-19(17)26)8-21(14)32-15(9-27)11-30-24(16)32/h5-6,8,10-12,17,19H,3-4,7H2,1-2H3,(H,29,31,34)/t17-,19+/m1/s1. The second kappa shape index (κ2) is 8.30. The van der Waals surface area contributed by atoms with Crippen LogP contribution in [0.5, 0.6) is 0 Å². The van der Waals surface area contributed by atoms with Crippen LogP contribution in [0.25, 0.3) is 27.7 Å². The molecular formula is C25H21FN6O2. The van der Waals surface area contributed by atoms with Gasteiger partial charge in [0.15, 0.2) is 5.78 Å². The minimum absolute atomic E-state index is 0.00237. The molecule has 0 bridgehead atoms. The molecule has 170 valence electrons. The molecule has 0 aliphatic heterocycles. The predicted molar refractivity (Wildman–Crippen MR) is 124 cm³/mol. The van der Waals surface area contributed by atoms with Gasteiger partial charge in [0.05, 0.1) is 17.6 Å². The van der Waals surface area contributed by atoms with Gasteiger partial charge in [-0.2, -0.15) is 5.26 Å². The van der Waals surface area contributed by atoms with Gasteiger partial charge >= 0.3 is 0 Å². The van der Waals surface area contributed by atoms with E-state index in [1.54, 1.807) is 28.9 Å². The molecule has 0 saturated heterocycles. The molecule has 2 atom stereocenters. The fraction of sp³-hybridized carbons (Fsp3) is 0.280. The van der Waals surface area contributed by atoms with E-state index in [0.29, 0.717) is 29.0 Å². The molecular weight excluding hydrogens is 435 g/mol. The number of carbonyl (C=O) groups excluding carboxylic acids is 2. The van der Waals surface area contributed by atoms with Crippen LogP contribution in [0.4, 0.5) is 10.2 Å². The first-order chi connectivity index (χ1) is 16.4. The van der Waals surface area contributed by atoms with Gasteiger partial charge < -0.3 is 5.32 Å². The van der Waals surface area contributed by atoms with E-state index in [9.17, 15) is 19.2 Å². The maximum absolute atomic E-state index is 13.2. The second-order valence-corrected chi connectivity index (χ2v) is 8.51. The molecule has 0 spiro atoms. The van der Waals surface area contributed by atoms with Gasteiger partial charge in [0.25, 0.3) is 0 Å². The Hall–Kier alpha value is -4.19. The Morgan fingerprint density at radius 1 is 1.18 bits per heavy atom. The molecule has 1 fully saturated rings. The van der Waals surface area contributed by atoms with E-state index < -0.39 is 18.0 Å². The molecule has 0 aromatic carbocycles. The Morgan fingerprint density at radius 3 is 2.65 bits per heavy atom. The molecule has 9 heteroatoms. The number of alkyl halides is 1. The van der Waals surface area contributed by atoms with E-state index >= 15 is 0 Å². The van der Waals surface area contributed by atoms with Gasteiger partial charge in [-0.1, -0.05) is 6.92 Å². The summed E-state index contributed by atoms with van der Waals surface area (Å²) < 4.78 is 14.9. The summed E-state index contributed by atoms with van der Waals surface area (Å²) >= 11 is 0. The SMILES string of the molecule is CCCC(=O)c1cc(C)c(-c2cc3cnc(NC(=O)[C@@H]4C[C@@H]4F)cc3n3c(C#N)cnc23)cn1. The summed E-state index contributed by atoms with van der Waals surface area (Å²) in [6, 6.07) is 7.47. The average molecular weight is 456 g/mol. The molecule has 1 N–H and O–H groups in total. The van der Waals surface area contributed by atoms with Crippen molar-refractivity contribution >= 4 is 34.1 Å². The van der Waals surface area contributed by atoms with Crippen molar-refractivity contribution < 1.29 is 14.0 Å². The third-order valence-electron chi connectivity index (χ3n) is 6.03. The van der Waals surface area contributed by atoms with Gasteiger partial charge in [-0.15, -0.1) is 0 Å². The van der Waals surface area contributed by atoms with Crippen LogP contribution < -0.4 is 5.32 Å². The number of ketones is 1. The second-order valence-electron chi connectivity index (χ2n) is 8.51. The highest BCUT2D eigenvalue weighted by molar-refractivity contribution is 5.98. The molecule has 34 heavy (non-hydrogen) atoms. The topological polar surface area (TPSA) is 113 Å². The number of nitriles is 1. The fourth-order valence-corrected chi connectivity index (χ4v) is 4.11. The van der Waals surface area contributed by atoms with Gasteiger partial charge in [0, 0.05) is 41.4 Å². The quantitative estimate of drug-likeness (QED) is 0.430. The lowest BCUT2D eigenvalue weighted by Gasteiger charge is -2.13. The van der Waals surface area contributed by atoms with E-state index in [2.05, 4.69) is 26.3 Å². The van der Waals surface area contributed by atoms with Crippen molar-refractivity contribution in [3.05, 3.63) is 53.7 Å². The number of imidazole rings is 1. The normalized spacial score (nSPS) is 17.0. The predicted octanol–water partition coefficient (Wildman–Crippen LogP) is 4.40. The van der Waals surface area contributed by atoms with Crippen molar-refractivity contribution in [1.82, 2.24) is 19.4 Å². The molecule has 0 unspecified atom stereocenters. The zero-order valence-electron chi connectivity index (χ0n) is 18.7. The molecule has 4 aromatic rings. The van der Waals surface area contributed by atoms with E-state index in [4.69, 9.17) is 0 Å². The Balaban J connectivity index is 1.63. The lowest BCUT2D eigenvalue weighted by molar-refractivity contribution is -0.117. The smallest absolute Gasteiger partial charge is 0.231 e. The number of nitrogens with zero attached hydrogens (tertiary/aromatic N) is 5. The summed E-state index contributed by atoms with van der Waals surface area (Å²) in [5.41, 5.74) is 4.30. The van der Waals surface area contributed by atoms with Gasteiger partial charge in [-0.25, -0.2) is 14.4 Å². The van der Waals surface area contributed by atoms with Crippen LogP contribution in [-0.4, -0.2) is 37.2 Å². The fourth-order valence-electron chi connectivity index (χ4n) is 4.11. The highest BCUT2D eigenvalue weighted by Gasteiger charge is 2.43. The number of hydrogen-bond acceptors (Lipinski definition) is 6. The third-order valence-corrected chi connectivity index (χ3v) is 6.03. The van der Waals surface area contributed by atoms with Gasteiger partial charge in [-0.05, 0) is 37.5 Å². The average Bonchev–Trinajstić information content (AvgIpc) is 3.40. The maximum Gasteiger partial charge on any atom is 0.231 e. The third kappa shape index (κ3) is 3.67. The molecule has 1 aliphatic rings. The van der Waals surface area contributed by atoms with Gasteiger partial charge in [-0.3, -0.25) is 19.0 Å². The van der Waals surface area contributed by atoms with Crippen molar-refractivity contribution in [2.24, 2.45) is 5.92 Å². The zero-order chi connectivity index (χ0) is 24.0. The van der Waals surface area contributed by atoms with Crippen molar-refractivity contribution in [3.63, 3.8) is 0 Å². The van der Waals surface area contributed by atoms with E-state index in [1.165, 1.54) is 6.20 Å². The first kappa shape index (κ1) is 21.6. The van der Waals surface area contributed by atoms with Crippen LogP contribution in [0.2, 0.25) is 0 Å². The van der Waals surface area contributed by atoms with Crippen molar-refractivity contribution in [2.75, 3.05) is 5.32 Å². The molecule has 1 amide bonds. The van der Waals surface area contributed by atoms with Gasteiger partial charge in [0.2, 0.25) is 5.91 Å². The monoisotopic (exact) mass is 456 g/mol. The summed E-state index contributed by atoms with van der Waals surface area (Å²) in [7, 11) is 0. The number of fused-ring (bicyclic) bond motifs is 3. The number of aromatic nitrogens is 4. The lowest BCUT2D eigenvalue weighted by Crippen LogP contribution is -2.16. The summed E-state index contributed by atoms with van der Waals surface area (Å²) in [6.45, 7) is 3.85. The molecule has 4 aromatic heterocycles. The lowest BCUT2D eigenvalue weighted by atomic mass is 10.0. The number of halogens is 1. The number of pyridine rings is 3. The number of carbonyl (C=O) groups is 2. The first-order valence-corrected chi connectivity index (χ1v) is 11.1. The number of Topliss-reactive ketones (excluding diaryl/α,β-unsaturated/α-hetero) is 1. The van der Waals surface area contributed by atoms with E-state index in [1.807, 2.05) is 19.9 Å². The summed E-state index contributed by atoms with van der Waals surface area (Å²) in [5, 5.41) is 13.1. The summed E-state index contributed by atoms with van der Waals surface area (Å²) in [4.78, 5) is 37.6. The van der Waals surface area contributed by atoms with Crippen molar-refractivity contribution in [1.29, 1.82) is 5.26 Å². The number of amides is 1. The Bertz CT molecular complexity index is 1520. The van der Waals surface area contributed by atoms with E-state index in [-0.39, 0.29) is 18.0 Å². The molecule has 5 rings (SSSR count). The van der Waals surface area contributed by atoms with Crippen LogP contribution in [-0.2, 0) is 4.79 Å². The molecule has 8 nitrogen and oxygen atoms in total. The number of anilines is 1. The Kier molecular flexibility index (Phi) is 5.28. The van der Waals surface area contributed by atoms with Crippen LogP contribution in [0.15, 0.2) is 36.8 Å². The Morgan fingerprint density at radius 2 is 1.97 bits per heavy atom.